The van der Waals surface area contributed by atoms with Crippen LogP contribution in [0.1, 0.15) is 48.5 Å². The van der Waals surface area contributed by atoms with Crippen molar-refractivity contribution in [1.82, 2.24) is 10.2 Å². The zero-order valence-corrected chi connectivity index (χ0v) is 17.9. The quantitative estimate of drug-likeness (QED) is 0.637. The van der Waals surface area contributed by atoms with Crippen LogP contribution in [0, 0.1) is 0 Å². The number of benzene rings is 2. The molecule has 2 atom stereocenters. The fraction of sp³-hybridized carbons (Fsp3) is 0.480. The van der Waals surface area contributed by atoms with E-state index >= 15 is 0 Å². The molecule has 2 aliphatic rings. The number of phenols is 1. The van der Waals surface area contributed by atoms with E-state index in [0.29, 0.717) is 6.54 Å². The average Bonchev–Trinajstić information content (AvgIpc) is 2.81. The van der Waals surface area contributed by atoms with Gasteiger partial charge in [0.2, 0.25) is 0 Å². The number of aliphatic hydroxyl groups excluding tert-OH is 1. The van der Waals surface area contributed by atoms with Gasteiger partial charge in [-0.2, -0.15) is 0 Å². The highest BCUT2D eigenvalue weighted by molar-refractivity contribution is 5.77. The summed E-state index contributed by atoms with van der Waals surface area (Å²) in [5, 5.41) is 23.3. The molecule has 1 saturated heterocycles. The summed E-state index contributed by atoms with van der Waals surface area (Å²) in [5.41, 5.74) is 3.35. The van der Waals surface area contributed by atoms with Crippen molar-refractivity contribution < 1.29 is 19.7 Å². The molecule has 3 N–H and O–H groups in total. The summed E-state index contributed by atoms with van der Waals surface area (Å²) in [6, 6.07) is 13.1. The lowest BCUT2D eigenvalue weighted by molar-refractivity contribution is -0.134. The standard InChI is InChI=1S/C25H32N2O4/c28-22-9-5-19(6-10-22)24(29)16-26-21-8-4-18-7-11-23(15-20(18)14-21)31-17-25(30)27-12-2-1-3-13-27/h5-7,9-11,15,21,24,26,28-29H,1-4,8,12-14,16-17H2/t21-,24-/m1/s1. The molecule has 0 saturated carbocycles. The van der Waals surface area contributed by atoms with E-state index in [0.717, 1.165) is 56.5 Å². The molecule has 6 nitrogen and oxygen atoms in total. The first-order valence-corrected chi connectivity index (χ1v) is 11.3. The molecule has 1 amide bonds. The van der Waals surface area contributed by atoms with Gasteiger partial charge in [0.1, 0.15) is 11.5 Å². The Morgan fingerprint density at radius 3 is 2.65 bits per heavy atom. The van der Waals surface area contributed by atoms with Gasteiger partial charge in [0, 0.05) is 25.7 Å². The average molecular weight is 425 g/mol. The summed E-state index contributed by atoms with van der Waals surface area (Å²) in [5.74, 6) is 1.01. The smallest absolute Gasteiger partial charge is 0.260 e. The number of aromatic hydroxyl groups is 1. The second-order valence-electron chi connectivity index (χ2n) is 8.62. The maximum Gasteiger partial charge on any atom is 0.260 e. The van der Waals surface area contributed by atoms with Crippen molar-refractivity contribution >= 4 is 5.91 Å². The van der Waals surface area contributed by atoms with Gasteiger partial charge in [-0.1, -0.05) is 18.2 Å². The number of nitrogens with one attached hydrogen (secondary N) is 1. The number of nitrogens with zero attached hydrogens (tertiary/aromatic N) is 1. The Balaban J connectivity index is 1.28. The van der Waals surface area contributed by atoms with E-state index in [2.05, 4.69) is 17.4 Å². The fourth-order valence-corrected chi connectivity index (χ4v) is 4.47. The molecule has 31 heavy (non-hydrogen) atoms. The number of piperidine rings is 1. The minimum absolute atomic E-state index is 0.0696. The highest BCUT2D eigenvalue weighted by Crippen LogP contribution is 2.26. The normalized spacial score (nSPS) is 19.5. The summed E-state index contributed by atoms with van der Waals surface area (Å²) >= 11 is 0. The molecule has 0 radical (unpaired) electrons. The van der Waals surface area contributed by atoms with Gasteiger partial charge < -0.3 is 25.2 Å². The van der Waals surface area contributed by atoms with Crippen LogP contribution in [0.2, 0.25) is 0 Å². The number of likely N-dealkylation sites (tertiary alicyclic amines) is 1. The maximum absolute atomic E-state index is 12.4. The number of carbonyl (C=O) groups excluding carboxylic acids is 1. The van der Waals surface area contributed by atoms with Gasteiger partial charge in [-0.15, -0.1) is 0 Å². The van der Waals surface area contributed by atoms with Crippen molar-refractivity contribution in [2.45, 2.75) is 50.7 Å². The zero-order valence-electron chi connectivity index (χ0n) is 17.9. The number of hydrogen-bond acceptors (Lipinski definition) is 5. The Labute approximate surface area is 183 Å². The second-order valence-corrected chi connectivity index (χ2v) is 8.62. The third-order valence-corrected chi connectivity index (χ3v) is 6.35. The molecule has 6 heteroatoms. The number of aliphatic hydroxyl groups is 1. The predicted molar refractivity (Wildman–Crippen MR) is 119 cm³/mol. The van der Waals surface area contributed by atoms with Crippen LogP contribution in [0.4, 0.5) is 0 Å². The van der Waals surface area contributed by atoms with Gasteiger partial charge in [-0.3, -0.25) is 4.79 Å². The Kier molecular flexibility index (Phi) is 7.10. The summed E-state index contributed by atoms with van der Waals surface area (Å²) < 4.78 is 5.82. The SMILES string of the molecule is O=C(COc1ccc2c(c1)C[C@H](NC[C@@H](O)c1ccc(O)cc1)CC2)N1CCCCC1. The van der Waals surface area contributed by atoms with Gasteiger partial charge in [0.15, 0.2) is 6.61 Å². The van der Waals surface area contributed by atoms with E-state index in [1.165, 1.54) is 17.5 Å². The Morgan fingerprint density at radius 1 is 1.10 bits per heavy atom. The molecule has 0 unspecified atom stereocenters. The van der Waals surface area contributed by atoms with Gasteiger partial charge in [0.25, 0.3) is 5.91 Å². The van der Waals surface area contributed by atoms with Crippen molar-refractivity contribution in [2.24, 2.45) is 0 Å². The Hall–Kier alpha value is -2.57. The van der Waals surface area contributed by atoms with E-state index in [4.69, 9.17) is 4.74 Å². The molecular formula is C25H32N2O4. The van der Waals surface area contributed by atoms with Gasteiger partial charge in [0.05, 0.1) is 6.10 Å². The highest BCUT2D eigenvalue weighted by atomic mass is 16.5. The van der Waals surface area contributed by atoms with Crippen molar-refractivity contribution in [3.05, 3.63) is 59.2 Å². The summed E-state index contributed by atoms with van der Waals surface area (Å²) in [6.07, 6.45) is 5.63. The summed E-state index contributed by atoms with van der Waals surface area (Å²) in [6.45, 7) is 2.25. The molecule has 4 rings (SSSR count). The lowest BCUT2D eigenvalue weighted by Crippen LogP contribution is -2.38. The van der Waals surface area contributed by atoms with E-state index in [1.54, 1.807) is 24.3 Å². The van der Waals surface area contributed by atoms with Gasteiger partial charge in [-0.05, 0) is 79.5 Å². The molecule has 1 aliphatic heterocycles. The molecule has 1 aliphatic carbocycles. The van der Waals surface area contributed by atoms with Crippen LogP contribution in [-0.4, -0.2) is 53.3 Å². The molecule has 2 aromatic carbocycles. The van der Waals surface area contributed by atoms with Crippen molar-refractivity contribution in [1.29, 1.82) is 0 Å². The van der Waals surface area contributed by atoms with Crippen LogP contribution >= 0.6 is 0 Å². The number of ether oxygens (including phenoxy) is 1. The number of hydrogen-bond donors (Lipinski definition) is 3. The largest absolute Gasteiger partial charge is 0.508 e. The highest BCUT2D eigenvalue weighted by Gasteiger charge is 2.21. The molecule has 1 fully saturated rings. The Bertz CT molecular complexity index is 878. The van der Waals surface area contributed by atoms with E-state index in [9.17, 15) is 15.0 Å². The first-order valence-electron chi connectivity index (χ1n) is 11.3. The molecular weight excluding hydrogens is 392 g/mol. The van der Waals surface area contributed by atoms with Crippen LogP contribution in [0.5, 0.6) is 11.5 Å². The number of carbonyl (C=O) groups is 1. The number of phenolic OH excluding ortho intramolecular Hbond substituents is 1. The lowest BCUT2D eigenvalue weighted by atomic mass is 9.88. The Morgan fingerprint density at radius 2 is 1.87 bits per heavy atom. The third-order valence-electron chi connectivity index (χ3n) is 6.35. The fourth-order valence-electron chi connectivity index (χ4n) is 4.47. The number of rotatable bonds is 7. The first kappa shape index (κ1) is 21.7. The van der Waals surface area contributed by atoms with Crippen molar-refractivity contribution in [2.75, 3.05) is 26.2 Å². The topological polar surface area (TPSA) is 82.0 Å². The molecule has 0 bridgehead atoms. The molecule has 2 aromatic rings. The van der Waals surface area contributed by atoms with Crippen LogP contribution in [0.25, 0.3) is 0 Å². The number of fused-ring (bicyclic) bond motifs is 1. The van der Waals surface area contributed by atoms with Crippen LogP contribution < -0.4 is 10.1 Å². The van der Waals surface area contributed by atoms with Gasteiger partial charge >= 0.3 is 0 Å². The second kappa shape index (κ2) is 10.2. The summed E-state index contributed by atoms with van der Waals surface area (Å²) in [7, 11) is 0. The molecule has 0 spiro atoms. The maximum atomic E-state index is 12.4. The molecule has 1 heterocycles. The van der Waals surface area contributed by atoms with E-state index in [-0.39, 0.29) is 24.3 Å². The molecule has 0 aromatic heterocycles. The zero-order chi connectivity index (χ0) is 21.6. The van der Waals surface area contributed by atoms with Crippen LogP contribution in [-0.2, 0) is 17.6 Å². The van der Waals surface area contributed by atoms with Crippen molar-refractivity contribution in [3.63, 3.8) is 0 Å². The number of aryl methyl sites for hydroxylation is 1. The monoisotopic (exact) mass is 424 g/mol. The van der Waals surface area contributed by atoms with E-state index in [1.807, 2.05) is 11.0 Å². The predicted octanol–water partition coefficient (Wildman–Crippen LogP) is 2.96. The third kappa shape index (κ3) is 5.77. The number of amides is 1. The minimum atomic E-state index is -0.613. The van der Waals surface area contributed by atoms with Gasteiger partial charge in [-0.25, -0.2) is 0 Å². The lowest BCUT2D eigenvalue weighted by Gasteiger charge is -2.28. The van der Waals surface area contributed by atoms with Crippen LogP contribution in [0.3, 0.4) is 0 Å². The summed E-state index contributed by atoms with van der Waals surface area (Å²) in [4.78, 5) is 14.3. The van der Waals surface area contributed by atoms with Crippen molar-refractivity contribution in [3.8, 4) is 11.5 Å². The minimum Gasteiger partial charge on any atom is -0.508 e. The van der Waals surface area contributed by atoms with Crippen LogP contribution in [0.15, 0.2) is 42.5 Å². The first-order chi connectivity index (χ1) is 15.1. The molecule has 166 valence electrons. The van der Waals surface area contributed by atoms with E-state index < -0.39 is 6.10 Å².